The summed E-state index contributed by atoms with van der Waals surface area (Å²) < 4.78 is 4.64. The second-order valence-corrected chi connectivity index (χ2v) is 3.89. The average Bonchev–Trinajstić information content (AvgIpc) is 2.92. The van der Waals surface area contributed by atoms with Crippen LogP contribution in [-0.2, 0) is 14.3 Å². The van der Waals surface area contributed by atoms with E-state index in [2.05, 4.69) is 4.74 Å². The third-order valence-electron chi connectivity index (χ3n) is 2.63. The summed E-state index contributed by atoms with van der Waals surface area (Å²) in [7, 11) is 2.99. The number of nitrogens with zero attached hydrogens (tertiary/aromatic N) is 2. The van der Waals surface area contributed by atoms with E-state index in [0.29, 0.717) is 0 Å². The van der Waals surface area contributed by atoms with E-state index >= 15 is 0 Å². The zero-order valence-electron chi connectivity index (χ0n) is 9.43. The van der Waals surface area contributed by atoms with Crippen LogP contribution in [0.15, 0.2) is 0 Å². The number of hydrogen-bond donors (Lipinski definition) is 0. The first-order valence-electron chi connectivity index (χ1n) is 4.90. The maximum absolute atomic E-state index is 11.5. The summed E-state index contributed by atoms with van der Waals surface area (Å²) in [5.41, 5.74) is -1.85. The Bertz CT molecular complexity index is 341. The predicted molar refractivity (Wildman–Crippen MR) is 53.2 cm³/mol. The summed E-state index contributed by atoms with van der Waals surface area (Å²) in [6, 6.07) is 0. The molecule has 16 heavy (non-hydrogen) atoms. The Morgan fingerprint density at radius 1 is 1.56 bits per heavy atom. The molecule has 0 aliphatic heterocycles. The molecule has 1 amide bonds. The first kappa shape index (κ1) is 12.4. The molecule has 0 heterocycles. The van der Waals surface area contributed by atoms with Crippen molar-refractivity contribution in [3.63, 3.8) is 0 Å². The van der Waals surface area contributed by atoms with Crippen LogP contribution in [0.2, 0.25) is 0 Å². The van der Waals surface area contributed by atoms with Crippen molar-refractivity contribution in [2.24, 2.45) is 5.92 Å². The number of amides is 1. The quantitative estimate of drug-likeness (QED) is 0.375. The molecular formula is C9H14N2O5. The largest absolute Gasteiger partial charge is 0.461 e. The number of carbonyl (C=O) groups is 2. The minimum Gasteiger partial charge on any atom is -0.461 e. The molecule has 1 aliphatic carbocycles. The van der Waals surface area contributed by atoms with Gasteiger partial charge in [-0.3, -0.25) is 14.9 Å². The number of esters is 1. The standard InChI is InChI=1S/C9H14N2O5/c1-4-16-8(13)9(11(14)15)5-6(9)7(12)10(2)3/h6H,4-5H2,1-3H3/t6-,9-/m0/s1. The van der Waals surface area contributed by atoms with Crippen LogP contribution in [0.1, 0.15) is 13.3 Å². The van der Waals surface area contributed by atoms with Crippen molar-refractivity contribution in [2.45, 2.75) is 18.9 Å². The molecule has 0 bridgehead atoms. The van der Waals surface area contributed by atoms with Gasteiger partial charge in [0.25, 0.3) is 0 Å². The lowest BCUT2D eigenvalue weighted by atomic mass is 10.2. The van der Waals surface area contributed by atoms with Gasteiger partial charge < -0.3 is 9.64 Å². The van der Waals surface area contributed by atoms with Crippen molar-refractivity contribution in [2.75, 3.05) is 20.7 Å². The second-order valence-electron chi connectivity index (χ2n) is 3.89. The minimum atomic E-state index is -1.85. The first-order valence-corrected chi connectivity index (χ1v) is 4.90. The van der Waals surface area contributed by atoms with Gasteiger partial charge in [0.1, 0.15) is 5.92 Å². The van der Waals surface area contributed by atoms with Gasteiger partial charge in [-0.15, -0.1) is 0 Å². The van der Waals surface area contributed by atoms with Gasteiger partial charge in [-0.25, -0.2) is 4.79 Å². The maximum atomic E-state index is 11.5. The molecule has 7 nitrogen and oxygen atoms in total. The van der Waals surface area contributed by atoms with Crippen molar-refractivity contribution in [1.82, 2.24) is 4.90 Å². The maximum Gasteiger partial charge on any atom is 0.385 e. The monoisotopic (exact) mass is 230 g/mol. The number of carbonyl (C=O) groups excluding carboxylic acids is 2. The Kier molecular flexibility index (Phi) is 3.16. The van der Waals surface area contributed by atoms with E-state index in [1.54, 1.807) is 6.92 Å². The molecule has 0 aromatic heterocycles. The van der Waals surface area contributed by atoms with Crippen molar-refractivity contribution in [3.05, 3.63) is 10.1 Å². The van der Waals surface area contributed by atoms with Gasteiger partial charge in [-0.2, -0.15) is 0 Å². The third-order valence-corrected chi connectivity index (χ3v) is 2.63. The fourth-order valence-electron chi connectivity index (χ4n) is 1.61. The summed E-state index contributed by atoms with van der Waals surface area (Å²) in [6.07, 6.45) is -0.0736. The van der Waals surface area contributed by atoms with Gasteiger partial charge in [0.05, 0.1) is 6.61 Å². The van der Waals surface area contributed by atoms with E-state index in [-0.39, 0.29) is 13.0 Å². The highest BCUT2D eigenvalue weighted by Gasteiger charge is 2.76. The van der Waals surface area contributed by atoms with Crippen LogP contribution in [0.25, 0.3) is 0 Å². The van der Waals surface area contributed by atoms with E-state index in [1.807, 2.05) is 0 Å². The zero-order chi connectivity index (χ0) is 12.5. The molecule has 0 unspecified atom stereocenters. The fourth-order valence-corrected chi connectivity index (χ4v) is 1.61. The molecule has 0 aromatic rings. The van der Waals surface area contributed by atoms with E-state index in [9.17, 15) is 19.7 Å². The lowest BCUT2D eigenvalue weighted by Crippen LogP contribution is -2.40. The molecule has 2 atom stereocenters. The molecule has 0 spiro atoms. The first-order chi connectivity index (χ1) is 7.37. The Morgan fingerprint density at radius 2 is 2.12 bits per heavy atom. The Morgan fingerprint density at radius 3 is 2.50 bits per heavy atom. The molecule has 0 radical (unpaired) electrons. The Hall–Kier alpha value is -1.66. The molecule has 1 saturated carbocycles. The summed E-state index contributed by atoms with van der Waals surface area (Å²) in [5.74, 6) is -2.22. The number of ether oxygens (including phenoxy) is 1. The van der Waals surface area contributed by atoms with E-state index in [4.69, 9.17) is 0 Å². The Balaban J connectivity index is 2.86. The van der Waals surface area contributed by atoms with Crippen LogP contribution in [0.3, 0.4) is 0 Å². The highest BCUT2D eigenvalue weighted by molar-refractivity contribution is 5.95. The smallest absolute Gasteiger partial charge is 0.385 e. The molecule has 1 fully saturated rings. The minimum absolute atomic E-state index is 0.0668. The van der Waals surface area contributed by atoms with Crippen molar-refractivity contribution < 1.29 is 19.2 Å². The summed E-state index contributed by atoms with van der Waals surface area (Å²) in [6.45, 7) is 1.63. The molecular weight excluding hydrogens is 216 g/mol. The molecule has 0 aromatic carbocycles. The molecule has 0 saturated heterocycles. The topological polar surface area (TPSA) is 89.7 Å². The number of nitro groups is 1. The van der Waals surface area contributed by atoms with Crippen molar-refractivity contribution in [3.8, 4) is 0 Å². The summed E-state index contributed by atoms with van der Waals surface area (Å²) >= 11 is 0. The zero-order valence-corrected chi connectivity index (χ0v) is 9.43. The van der Waals surface area contributed by atoms with Gasteiger partial charge in [-0.1, -0.05) is 0 Å². The van der Waals surface area contributed by atoms with Gasteiger partial charge in [0.2, 0.25) is 5.91 Å². The molecule has 7 heteroatoms. The van der Waals surface area contributed by atoms with E-state index in [1.165, 1.54) is 19.0 Å². The van der Waals surface area contributed by atoms with Gasteiger partial charge >= 0.3 is 11.5 Å². The van der Waals surface area contributed by atoms with Crippen LogP contribution in [0, 0.1) is 16.0 Å². The van der Waals surface area contributed by atoms with E-state index in [0.717, 1.165) is 0 Å². The predicted octanol–water partition coefficient (Wildman–Crippen LogP) is -0.327. The molecule has 1 aliphatic rings. The van der Waals surface area contributed by atoms with Crippen molar-refractivity contribution in [1.29, 1.82) is 0 Å². The van der Waals surface area contributed by atoms with Gasteiger partial charge in [0.15, 0.2) is 0 Å². The Labute approximate surface area is 92.5 Å². The molecule has 0 N–H and O–H groups in total. The van der Waals surface area contributed by atoms with Crippen LogP contribution >= 0.6 is 0 Å². The van der Waals surface area contributed by atoms with E-state index < -0.39 is 28.3 Å². The number of hydrogen-bond acceptors (Lipinski definition) is 5. The van der Waals surface area contributed by atoms with Crippen LogP contribution in [0.5, 0.6) is 0 Å². The number of rotatable bonds is 4. The highest BCUT2D eigenvalue weighted by atomic mass is 16.6. The highest BCUT2D eigenvalue weighted by Crippen LogP contribution is 2.48. The lowest BCUT2D eigenvalue weighted by Gasteiger charge is -2.11. The normalized spacial score (nSPS) is 27.1. The average molecular weight is 230 g/mol. The second kappa shape index (κ2) is 4.07. The van der Waals surface area contributed by atoms with Gasteiger partial charge in [0, 0.05) is 25.4 Å². The lowest BCUT2D eigenvalue weighted by molar-refractivity contribution is -0.528. The van der Waals surface area contributed by atoms with Gasteiger partial charge in [-0.05, 0) is 6.92 Å². The van der Waals surface area contributed by atoms with Crippen LogP contribution < -0.4 is 0 Å². The molecule has 90 valence electrons. The SMILES string of the molecule is CCOC(=O)[C@]1([N+](=O)[O-])C[C@H]1C(=O)N(C)C. The van der Waals surface area contributed by atoms with Crippen LogP contribution in [-0.4, -0.2) is 47.9 Å². The third kappa shape index (κ3) is 1.72. The summed E-state index contributed by atoms with van der Waals surface area (Å²) in [5, 5.41) is 10.9. The molecule has 1 rings (SSSR count). The summed E-state index contributed by atoms with van der Waals surface area (Å²) in [4.78, 5) is 34.4. The fraction of sp³-hybridized carbons (Fsp3) is 0.778. The van der Waals surface area contributed by atoms with Crippen LogP contribution in [0.4, 0.5) is 0 Å². The van der Waals surface area contributed by atoms with Crippen molar-refractivity contribution >= 4 is 11.9 Å².